The fourth-order valence-electron chi connectivity index (χ4n) is 1.21. The second kappa shape index (κ2) is 3.97. The molecule has 0 spiro atoms. The SMILES string of the molecule is CCC(O)C(C)(CC)CC. The minimum absolute atomic E-state index is 0.123. The van der Waals surface area contributed by atoms with Gasteiger partial charge in [-0.2, -0.15) is 0 Å². The van der Waals surface area contributed by atoms with Gasteiger partial charge >= 0.3 is 0 Å². The van der Waals surface area contributed by atoms with Crippen LogP contribution in [0.1, 0.15) is 47.0 Å². The highest BCUT2D eigenvalue weighted by Gasteiger charge is 2.27. The van der Waals surface area contributed by atoms with Gasteiger partial charge in [-0.15, -0.1) is 0 Å². The average Bonchev–Trinajstić information content (AvgIpc) is 2.01. The van der Waals surface area contributed by atoms with Crippen LogP contribution in [0.4, 0.5) is 0 Å². The predicted molar refractivity (Wildman–Crippen MR) is 45.0 cm³/mol. The zero-order valence-corrected chi connectivity index (χ0v) is 7.65. The summed E-state index contributed by atoms with van der Waals surface area (Å²) in [5.41, 5.74) is 0.148. The summed E-state index contributed by atoms with van der Waals surface area (Å²) in [5, 5.41) is 9.58. The van der Waals surface area contributed by atoms with Gasteiger partial charge in [0, 0.05) is 0 Å². The van der Waals surface area contributed by atoms with Crippen molar-refractivity contribution in [2.45, 2.75) is 53.1 Å². The second-order valence-electron chi connectivity index (χ2n) is 3.29. The van der Waals surface area contributed by atoms with Gasteiger partial charge < -0.3 is 5.11 Å². The largest absolute Gasteiger partial charge is 0.393 e. The third-order valence-electron chi connectivity index (χ3n) is 2.81. The Kier molecular flexibility index (Phi) is 3.95. The number of aliphatic hydroxyl groups is 1. The van der Waals surface area contributed by atoms with Gasteiger partial charge in [-0.1, -0.05) is 27.7 Å². The minimum Gasteiger partial charge on any atom is -0.393 e. The van der Waals surface area contributed by atoms with Crippen LogP contribution in [0.5, 0.6) is 0 Å². The van der Waals surface area contributed by atoms with Gasteiger partial charge in [0.05, 0.1) is 6.10 Å². The lowest BCUT2D eigenvalue weighted by molar-refractivity contribution is 0.0284. The third kappa shape index (κ3) is 1.98. The van der Waals surface area contributed by atoms with E-state index in [2.05, 4.69) is 20.8 Å². The van der Waals surface area contributed by atoms with Gasteiger partial charge in [-0.05, 0) is 24.7 Å². The first-order chi connectivity index (χ1) is 4.60. The fraction of sp³-hybridized carbons (Fsp3) is 1.00. The number of hydrogen-bond acceptors (Lipinski definition) is 1. The highest BCUT2D eigenvalue weighted by atomic mass is 16.3. The zero-order valence-electron chi connectivity index (χ0n) is 7.65. The van der Waals surface area contributed by atoms with Crippen molar-refractivity contribution in [2.24, 2.45) is 5.41 Å². The molecule has 1 nitrogen and oxygen atoms in total. The molecule has 0 aromatic rings. The summed E-state index contributed by atoms with van der Waals surface area (Å²) in [5.74, 6) is 0. The van der Waals surface area contributed by atoms with Crippen LogP contribution >= 0.6 is 0 Å². The molecule has 0 amide bonds. The predicted octanol–water partition coefficient (Wildman–Crippen LogP) is 2.58. The molecule has 0 radical (unpaired) electrons. The van der Waals surface area contributed by atoms with Gasteiger partial charge in [-0.3, -0.25) is 0 Å². The van der Waals surface area contributed by atoms with Crippen molar-refractivity contribution in [1.82, 2.24) is 0 Å². The van der Waals surface area contributed by atoms with Gasteiger partial charge in [0.1, 0.15) is 0 Å². The van der Waals surface area contributed by atoms with Crippen molar-refractivity contribution in [3.8, 4) is 0 Å². The van der Waals surface area contributed by atoms with Gasteiger partial charge in [0.15, 0.2) is 0 Å². The van der Waals surface area contributed by atoms with E-state index in [0.717, 1.165) is 19.3 Å². The Bertz CT molecular complexity index is 84.7. The molecule has 10 heavy (non-hydrogen) atoms. The van der Waals surface area contributed by atoms with Crippen molar-refractivity contribution in [1.29, 1.82) is 0 Å². The molecule has 0 heterocycles. The van der Waals surface area contributed by atoms with E-state index in [0.29, 0.717) is 0 Å². The molecule has 0 aliphatic heterocycles. The van der Waals surface area contributed by atoms with Crippen LogP contribution in [0, 0.1) is 5.41 Å². The standard InChI is InChI=1S/C9H20O/c1-5-8(10)9(4,6-2)7-3/h8,10H,5-7H2,1-4H3. The first-order valence-corrected chi connectivity index (χ1v) is 4.28. The summed E-state index contributed by atoms with van der Waals surface area (Å²) >= 11 is 0. The van der Waals surface area contributed by atoms with E-state index in [9.17, 15) is 5.11 Å². The highest BCUT2D eigenvalue weighted by Crippen LogP contribution is 2.30. The monoisotopic (exact) mass is 144 g/mol. The van der Waals surface area contributed by atoms with Crippen molar-refractivity contribution in [2.75, 3.05) is 0 Å². The molecule has 1 N–H and O–H groups in total. The molecule has 0 aromatic heterocycles. The topological polar surface area (TPSA) is 20.2 Å². The van der Waals surface area contributed by atoms with Crippen LogP contribution in [0.3, 0.4) is 0 Å². The molecule has 0 rings (SSSR count). The Morgan fingerprint density at radius 2 is 1.60 bits per heavy atom. The quantitative estimate of drug-likeness (QED) is 0.643. The van der Waals surface area contributed by atoms with Crippen LogP contribution in [-0.4, -0.2) is 11.2 Å². The molecular formula is C9H20O. The van der Waals surface area contributed by atoms with E-state index in [1.165, 1.54) is 0 Å². The minimum atomic E-state index is -0.123. The maximum absolute atomic E-state index is 9.58. The summed E-state index contributed by atoms with van der Waals surface area (Å²) in [6.07, 6.45) is 2.89. The van der Waals surface area contributed by atoms with Crippen molar-refractivity contribution >= 4 is 0 Å². The fourth-order valence-corrected chi connectivity index (χ4v) is 1.21. The van der Waals surface area contributed by atoms with E-state index in [1.54, 1.807) is 0 Å². The molecule has 0 fully saturated rings. The number of rotatable bonds is 4. The first-order valence-electron chi connectivity index (χ1n) is 4.28. The van der Waals surface area contributed by atoms with Crippen molar-refractivity contribution < 1.29 is 5.11 Å². The molecular weight excluding hydrogens is 124 g/mol. The summed E-state index contributed by atoms with van der Waals surface area (Å²) in [7, 11) is 0. The molecule has 0 aliphatic carbocycles. The summed E-state index contributed by atoms with van der Waals surface area (Å²) in [6.45, 7) is 8.47. The summed E-state index contributed by atoms with van der Waals surface area (Å²) in [4.78, 5) is 0. The maximum atomic E-state index is 9.58. The van der Waals surface area contributed by atoms with Crippen LogP contribution in [-0.2, 0) is 0 Å². The van der Waals surface area contributed by atoms with Gasteiger partial charge in [-0.25, -0.2) is 0 Å². The lowest BCUT2D eigenvalue weighted by atomic mass is 9.78. The molecule has 0 aliphatic rings. The van der Waals surface area contributed by atoms with E-state index in [-0.39, 0.29) is 11.5 Å². The summed E-state index contributed by atoms with van der Waals surface area (Å²) in [6, 6.07) is 0. The summed E-state index contributed by atoms with van der Waals surface area (Å²) < 4.78 is 0. The van der Waals surface area contributed by atoms with Crippen molar-refractivity contribution in [3.63, 3.8) is 0 Å². The van der Waals surface area contributed by atoms with Crippen LogP contribution < -0.4 is 0 Å². The molecule has 0 saturated heterocycles. The average molecular weight is 144 g/mol. The molecule has 1 unspecified atom stereocenters. The lowest BCUT2D eigenvalue weighted by Gasteiger charge is -2.31. The molecule has 0 bridgehead atoms. The van der Waals surface area contributed by atoms with Gasteiger partial charge in [0.2, 0.25) is 0 Å². The van der Waals surface area contributed by atoms with Crippen LogP contribution in [0.2, 0.25) is 0 Å². The van der Waals surface area contributed by atoms with Gasteiger partial charge in [0.25, 0.3) is 0 Å². The molecule has 62 valence electrons. The number of aliphatic hydroxyl groups excluding tert-OH is 1. The zero-order chi connectivity index (χ0) is 8.20. The molecule has 1 atom stereocenters. The molecule has 0 aromatic carbocycles. The van der Waals surface area contributed by atoms with Crippen molar-refractivity contribution in [3.05, 3.63) is 0 Å². The second-order valence-corrected chi connectivity index (χ2v) is 3.29. The van der Waals surface area contributed by atoms with E-state index >= 15 is 0 Å². The van der Waals surface area contributed by atoms with Crippen LogP contribution in [0.25, 0.3) is 0 Å². The maximum Gasteiger partial charge on any atom is 0.0590 e. The van der Waals surface area contributed by atoms with Crippen LogP contribution in [0.15, 0.2) is 0 Å². The van der Waals surface area contributed by atoms with E-state index in [4.69, 9.17) is 0 Å². The van der Waals surface area contributed by atoms with E-state index in [1.807, 2.05) is 6.92 Å². The Balaban J connectivity index is 4.02. The Hall–Kier alpha value is -0.0400. The Morgan fingerprint density at radius 1 is 1.20 bits per heavy atom. The normalized spacial score (nSPS) is 15.3. The first kappa shape index (κ1) is 9.96. The highest BCUT2D eigenvalue weighted by molar-refractivity contribution is 4.78. The molecule has 1 heteroatoms. The van der Waals surface area contributed by atoms with E-state index < -0.39 is 0 Å². The number of hydrogen-bond donors (Lipinski definition) is 1. The third-order valence-corrected chi connectivity index (χ3v) is 2.81. The Labute approximate surface area is 64.5 Å². The smallest absolute Gasteiger partial charge is 0.0590 e. The molecule has 0 saturated carbocycles. The lowest BCUT2D eigenvalue weighted by Crippen LogP contribution is -2.30. The Morgan fingerprint density at radius 3 is 1.70 bits per heavy atom.